The van der Waals surface area contributed by atoms with E-state index in [1.54, 1.807) is 60.7 Å². The molecule has 2 N–H and O–H groups in total. The maximum absolute atomic E-state index is 12.7. The van der Waals surface area contributed by atoms with Crippen molar-refractivity contribution < 1.29 is 62.2 Å². The van der Waals surface area contributed by atoms with Crippen molar-refractivity contribution in [3.8, 4) is 0 Å². The number of carbonyl (C=O) groups excluding carboxylic acids is 2. The molecule has 0 spiro atoms. The number of carboxylic acid groups (broad SMARTS) is 1. The Morgan fingerprint density at radius 2 is 1.59 bits per heavy atom. The largest absolute Gasteiger partial charge is 1.00 e. The van der Waals surface area contributed by atoms with Gasteiger partial charge < -0.3 is 25.3 Å². The van der Waals surface area contributed by atoms with Crippen molar-refractivity contribution in [1.29, 1.82) is 0 Å². The number of alkyl halides is 3. The number of ether oxygens (including phenoxy) is 1. The van der Waals surface area contributed by atoms with Crippen LogP contribution >= 0.6 is 35.6 Å². The first-order valence-corrected chi connectivity index (χ1v) is 14.3. The van der Waals surface area contributed by atoms with Gasteiger partial charge in [-0.2, -0.15) is 13.2 Å². The predicted octanol–water partition coefficient (Wildman–Crippen LogP) is 4.92. The van der Waals surface area contributed by atoms with Gasteiger partial charge in [-0.1, -0.05) is 83.9 Å². The molecule has 0 bridgehead atoms. The predicted molar refractivity (Wildman–Crippen MR) is 172 cm³/mol. The van der Waals surface area contributed by atoms with Crippen molar-refractivity contribution in [3.63, 3.8) is 0 Å². The molecule has 0 aromatic heterocycles. The van der Waals surface area contributed by atoms with Crippen LogP contribution in [-0.4, -0.2) is 31.1 Å². The molecular weight excluding hydrogens is 675 g/mol. The molecule has 1 unspecified atom stereocenters. The summed E-state index contributed by atoms with van der Waals surface area (Å²) in [6, 6.07) is 23.8. The molecule has 46 heavy (non-hydrogen) atoms. The maximum atomic E-state index is 12.7. The monoisotopic (exact) mass is 704 g/mol. The van der Waals surface area contributed by atoms with Crippen LogP contribution in [0.5, 0.6) is 0 Å². The van der Waals surface area contributed by atoms with E-state index in [1.807, 2.05) is 19.9 Å². The molecule has 0 saturated heterocycles. The number of benzene rings is 4. The number of para-hydroxylation sites is 1. The number of nitrogens with one attached hydrogen (secondary N) is 2. The van der Waals surface area contributed by atoms with E-state index in [9.17, 15) is 27.9 Å². The first kappa shape index (κ1) is 41.3. The van der Waals surface area contributed by atoms with Crippen LogP contribution < -0.4 is 45.3 Å². The Morgan fingerprint density at radius 1 is 0.935 bits per heavy atom. The molecular formula is C33H31Cl3F3N2NaO4. The van der Waals surface area contributed by atoms with Gasteiger partial charge in [0.15, 0.2) is 0 Å². The fourth-order valence-electron chi connectivity index (χ4n) is 4.08. The van der Waals surface area contributed by atoms with Gasteiger partial charge in [0.05, 0.1) is 32.8 Å². The Hall–Kier alpha value is -2.76. The summed E-state index contributed by atoms with van der Waals surface area (Å²) in [5, 5.41) is 18.0. The number of carbonyl (C=O) groups is 2. The van der Waals surface area contributed by atoms with Gasteiger partial charge in [0, 0.05) is 23.8 Å². The van der Waals surface area contributed by atoms with Crippen LogP contribution in [0.4, 0.5) is 24.5 Å². The molecule has 0 saturated carbocycles. The SMILES string of the molecule is CC(Cc1cccc(C(F)(F)F)c1)NCCOC(=O)c1ccccc1.Cc1ccc(Cl)c(Nc2ccccc2C(=O)[O-])c1Cl.Cl.[Na+]. The second-order valence-electron chi connectivity index (χ2n) is 9.77. The summed E-state index contributed by atoms with van der Waals surface area (Å²) in [4.78, 5) is 22.8. The number of rotatable bonds is 10. The van der Waals surface area contributed by atoms with Gasteiger partial charge >= 0.3 is 41.7 Å². The van der Waals surface area contributed by atoms with Gasteiger partial charge in [0.25, 0.3) is 0 Å². The second kappa shape index (κ2) is 19.8. The topological polar surface area (TPSA) is 90.5 Å². The molecule has 0 fully saturated rings. The summed E-state index contributed by atoms with van der Waals surface area (Å²) in [6.07, 6.45) is -3.88. The minimum absolute atomic E-state index is 0. The average Bonchev–Trinajstić information content (AvgIpc) is 3.00. The fraction of sp³-hybridized carbons (Fsp3) is 0.212. The standard InChI is InChI=1S/C19H20F3NO2.C14H11Cl2NO2.ClH.Na/c1-14(12-15-6-5-9-17(13-15)19(20,21)22)23-10-11-25-18(24)16-7-3-2-4-8-16;1-8-6-7-10(15)13(12(8)16)17-11-5-3-2-4-9(11)14(18)19;;/h2-9,13-14,23H,10-12H2,1H3;2-7,17H,1H3,(H,18,19);1H;/q;;;+1/p-1. The minimum atomic E-state index is -4.34. The third-order valence-corrected chi connectivity index (χ3v) is 7.13. The van der Waals surface area contributed by atoms with Crippen molar-refractivity contribution >= 4 is 58.9 Å². The zero-order chi connectivity index (χ0) is 32.3. The first-order valence-electron chi connectivity index (χ1n) is 13.5. The van der Waals surface area contributed by atoms with Crippen molar-refractivity contribution in [2.24, 2.45) is 0 Å². The number of hydrogen-bond acceptors (Lipinski definition) is 6. The van der Waals surface area contributed by atoms with E-state index in [4.69, 9.17) is 27.9 Å². The molecule has 0 aliphatic heterocycles. The molecule has 0 radical (unpaired) electrons. The van der Waals surface area contributed by atoms with Crippen LogP contribution in [0.2, 0.25) is 10.0 Å². The van der Waals surface area contributed by atoms with E-state index in [0.29, 0.717) is 45.5 Å². The van der Waals surface area contributed by atoms with E-state index in [2.05, 4.69) is 10.6 Å². The number of esters is 1. The quantitative estimate of drug-likeness (QED) is 0.139. The molecule has 4 rings (SSSR count). The summed E-state index contributed by atoms with van der Waals surface area (Å²) in [6.45, 7) is 4.34. The van der Waals surface area contributed by atoms with Crippen molar-refractivity contribution in [1.82, 2.24) is 5.32 Å². The minimum Gasteiger partial charge on any atom is -0.545 e. The zero-order valence-corrected chi connectivity index (χ0v) is 29.6. The van der Waals surface area contributed by atoms with Gasteiger partial charge in [-0.25, -0.2) is 4.79 Å². The van der Waals surface area contributed by atoms with Crippen LogP contribution in [0.15, 0.2) is 91.0 Å². The van der Waals surface area contributed by atoms with Crippen molar-refractivity contribution in [2.75, 3.05) is 18.5 Å². The Bertz CT molecular complexity index is 1580. The van der Waals surface area contributed by atoms with E-state index < -0.39 is 23.7 Å². The smallest absolute Gasteiger partial charge is 0.545 e. The van der Waals surface area contributed by atoms with Gasteiger partial charge in [-0.15, -0.1) is 12.4 Å². The van der Waals surface area contributed by atoms with Gasteiger partial charge in [-0.3, -0.25) is 0 Å². The Kier molecular flexibility index (Phi) is 17.8. The van der Waals surface area contributed by atoms with E-state index >= 15 is 0 Å². The van der Waals surface area contributed by atoms with Crippen molar-refractivity contribution in [3.05, 3.63) is 129 Å². The third kappa shape index (κ3) is 12.8. The Morgan fingerprint density at radius 3 is 2.24 bits per heavy atom. The number of anilines is 2. The van der Waals surface area contributed by atoms with Crippen LogP contribution in [0.1, 0.15) is 44.3 Å². The average molecular weight is 706 g/mol. The third-order valence-electron chi connectivity index (χ3n) is 6.32. The fourth-order valence-corrected chi connectivity index (χ4v) is 4.55. The summed E-state index contributed by atoms with van der Waals surface area (Å²) >= 11 is 12.2. The van der Waals surface area contributed by atoms with E-state index in [1.165, 1.54) is 12.1 Å². The normalized spacial score (nSPS) is 11.1. The molecule has 0 aliphatic rings. The van der Waals surface area contributed by atoms with Crippen LogP contribution in [0.25, 0.3) is 0 Å². The molecule has 0 heterocycles. The van der Waals surface area contributed by atoms with Gasteiger partial charge in [-0.05, 0) is 61.7 Å². The van der Waals surface area contributed by atoms with E-state index in [0.717, 1.165) is 17.7 Å². The molecule has 1 atom stereocenters. The first-order chi connectivity index (χ1) is 20.9. The maximum Gasteiger partial charge on any atom is 1.00 e. The number of hydrogen-bond donors (Lipinski definition) is 2. The second-order valence-corrected chi connectivity index (χ2v) is 10.6. The Balaban J connectivity index is 0.000000455. The Labute approximate surface area is 304 Å². The zero-order valence-electron chi connectivity index (χ0n) is 25.3. The van der Waals surface area contributed by atoms with Crippen LogP contribution in [0.3, 0.4) is 0 Å². The summed E-state index contributed by atoms with van der Waals surface area (Å²) in [5.74, 6) is -1.66. The van der Waals surface area contributed by atoms with Crippen molar-refractivity contribution in [2.45, 2.75) is 32.5 Å². The van der Waals surface area contributed by atoms with Gasteiger partial charge in [0.1, 0.15) is 6.61 Å². The number of aromatic carboxylic acids is 1. The molecule has 4 aromatic rings. The summed E-state index contributed by atoms with van der Waals surface area (Å²) in [7, 11) is 0. The molecule has 0 aliphatic carbocycles. The van der Waals surface area contributed by atoms with E-state index in [-0.39, 0.29) is 60.2 Å². The summed E-state index contributed by atoms with van der Waals surface area (Å²) < 4.78 is 43.3. The van der Waals surface area contributed by atoms with Crippen LogP contribution in [-0.2, 0) is 17.3 Å². The molecule has 240 valence electrons. The van der Waals surface area contributed by atoms with Crippen LogP contribution in [0, 0.1) is 6.92 Å². The number of halogens is 6. The molecule has 13 heteroatoms. The number of aryl methyl sites for hydroxylation is 1. The van der Waals surface area contributed by atoms with Gasteiger partial charge in [0.2, 0.25) is 0 Å². The summed E-state index contributed by atoms with van der Waals surface area (Å²) in [5.41, 5.74) is 2.22. The molecule has 0 amide bonds. The molecule has 6 nitrogen and oxygen atoms in total. The molecule has 4 aromatic carbocycles. The number of carboxylic acids is 1.